The van der Waals surface area contributed by atoms with Crippen LogP contribution in [0.2, 0.25) is 6.32 Å². The number of aromatic hydroxyl groups is 1. The number of carbonyl (C=O) groups is 1. The molecule has 0 spiro atoms. The minimum Gasteiger partial charge on any atom is -0.507 e. The number of aryl methyl sites for hydroxylation is 1. The summed E-state index contributed by atoms with van der Waals surface area (Å²) in [7, 11) is -1.53. The zero-order chi connectivity index (χ0) is 20.3. The van der Waals surface area contributed by atoms with Gasteiger partial charge in [-0.2, -0.15) is 15.4 Å². The molecule has 2 heterocycles. The van der Waals surface area contributed by atoms with Crippen molar-refractivity contribution in [3.63, 3.8) is 0 Å². The number of phenolic OH excluding ortho intramolecular Hbond substituents is 1. The van der Waals surface area contributed by atoms with Gasteiger partial charge in [0.1, 0.15) is 17.6 Å². The highest BCUT2D eigenvalue weighted by Gasteiger charge is 2.33. The minimum absolute atomic E-state index is 0.0139. The van der Waals surface area contributed by atoms with E-state index in [1.807, 2.05) is 0 Å². The summed E-state index contributed by atoms with van der Waals surface area (Å²) in [5.74, 6) is -0.405. The van der Waals surface area contributed by atoms with Crippen molar-refractivity contribution in [1.29, 1.82) is 0 Å². The Bertz CT molecular complexity index is 810. The number of hydrogen-bond donors (Lipinski definition) is 6. The molecule has 1 aliphatic heterocycles. The Morgan fingerprint density at radius 1 is 1.36 bits per heavy atom. The topological polar surface area (TPSA) is 172 Å². The summed E-state index contributed by atoms with van der Waals surface area (Å²) < 4.78 is 5.71. The van der Waals surface area contributed by atoms with E-state index in [9.17, 15) is 20.1 Å². The van der Waals surface area contributed by atoms with Crippen molar-refractivity contribution in [1.82, 2.24) is 20.3 Å². The number of rotatable bonds is 8. The maximum atomic E-state index is 12.1. The van der Waals surface area contributed by atoms with Crippen molar-refractivity contribution < 1.29 is 34.9 Å². The number of H-pyrrole nitrogens is 1. The number of benzene rings is 1. The molecule has 150 valence electrons. The Morgan fingerprint density at radius 3 is 2.71 bits per heavy atom. The Morgan fingerprint density at radius 2 is 2.11 bits per heavy atom. The first-order chi connectivity index (χ1) is 13.3. The van der Waals surface area contributed by atoms with Gasteiger partial charge in [-0.15, -0.1) is 0 Å². The lowest BCUT2D eigenvalue weighted by Gasteiger charge is -2.39. The Hall–Kier alpha value is -2.67. The lowest BCUT2D eigenvalue weighted by Crippen LogP contribution is -2.56. The number of aromatic nitrogens is 3. The van der Waals surface area contributed by atoms with Crippen LogP contribution in [-0.2, 0) is 17.6 Å². The summed E-state index contributed by atoms with van der Waals surface area (Å²) in [6.07, 6.45) is -0.615. The second-order valence-corrected chi connectivity index (χ2v) is 6.55. The van der Waals surface area contributed by atoms with Crippen molar-refractivity contribution >= 4 is 13.0 Å². The molecular formula is C16H21BN4O7. The average molecular weight is 392 g/mol. The third-order valence-electron chi connectivity index (χ3n) is 4.48. The maximum absolute atomic E-state index is 12.1. The number of amides is 1. The van der Waals surface area contributed by atoms with Crippen LogP contribution in [0.4, 0.5) is 0 Å². The maximum Gasteiger partial charge on any atom is 0.451 e. The fraction of sp³-hybridized carbons (Fsp3) is 0.438. The molecule has 0 unspecified atom stereocenters. The molecule has 2 aromatic rings. The van der Waals surface area contributed by atoms with E-state index in [0.29, 0.717) is 24.3 Å². The molecular weight excluding hydrogens is 371 g/mol. The molecule has 6 N–H and O–H groups in total. The average Bonchev–Trinajstić information content (AvgIpc) is 3.09. The normalized spacial score (nSPS) is 14.2. The largest absolute Gasteiger partial charge is 0.507 e. The molecule has 1 aromatic carbocycles. The Balaban J connectivity index is 1.61. The molecule has 1 fully saturated rings. The summed E-state index contributed by atoms with van der Waals surface area (Å²) in [5.41, 5.74) is 0.674. The molecule has 1 aromatic heterocycles. The molecule has 0 bridgehead atoms. The molecule has 28 heavy (non-hydrogen) atoms. The molecule has 0 aliphatic carbocycles. The summed E-state index contributed by atoms with van der Waals surface area (Å²) in [4.78, 5) is 13.7. The minimum atomic E-state index is -1.97. The zero-order valence-corrected chi connectivity index (χ0v) is 14.9. The SMILES string of the molecule is O=C(Cc1cn[nH]n1)N1CC(Oc2ccc(CCB(O)O)c(O)c2C(O)O)C1. The van der Waals surface area contributed by atoms with E-state index in [0.717, 1.165) is 0 Å². The van der Waals surface area contributed by atoms with E-state index in [4.69, 9.17) is 14.8 Å². The van der Waals surface area contributed by atoms with Crippen LogP contribution < -0.4 is 4.74 Å². The molecule has 0 saturated carbocycles. The Labute approximate surface area is 160 Å². The third-order valence-corrected chi connectivity index (χ3v) is 4.48. The van der Waals surface area contributed by atoms with E-state index in [1.165, 1.54) is 18.3 Å². The van der Waals surface area contributed by atoms with Gasteiger partial charge in [0, 0.05) is 0 Å². The fourth-order valence-corrected chi connectivity index (χ4v) is 2.95. The van der Waals surface area contributed by atoms with E-state index in [2.05, 4.69) is 15.4 Å². The van der Waals surface area contributed by atoms with Crippen LogP contribution in [0.15, 0.2) is 18.3 Å². The molecule has 12 heteroatoms. The molecule has 1 amide bonds. The number of ether oxygens (including phenoxy) is 1. The zero-order valence-electron chi connectivity index (χ0n) is 14.9. The van der Waals surface area contributed by atoms with Crippen molar-refractivity contribution in [2.45, 2.75) is 31.6 Å². The van der Waals surface area contributed by atoms with Crippen LogP contribution in [0.25, 0.3) is 0 Å². The first-order valence-corrected chi connectivity index (χ1v) is 8.71. The van der Waals surface area contributed by atoms with Gasteiger partial charge in [0.05, 0.1) is 37.0 Å². The van der Waals surface area contributed by atoms with Crippen molar-refractivity contribution in [3.05, 3.63) is 35.2 Å². The fourth-order valence-electron chi connectivity index (χ4n) is 2.95. The second kappa shape index (κ2) is 8.56. The van der Waals surface area contributed by atoms with Gasteiger partial charge in [-0.25, -0.2) is 0 Å². The van der Waals surface area contributed by atoms with Crippen molar-refractivity contribution in [2.24, 2.45) is 0 Å². The molecule has 3 rings (SSSR count). The Kier molecular flexibility index (Phi) is 6.14. The highest BCUT2D eigenvalue weighted by molar-refractivity contribution is 6.41. The van der Waals surface area contributed by atoms with E-state index in [1.54, 1.807) is 4.90 Å². The van der Waals surface area contributed by atoms with Gasteiger partial charge in [-0.1, -0.05) is 6.07 Å². The number of aliphatic hydroxyl groups excluding tert-OH is 1. The van der Waals surface area contributed by atoms with Crippen LogP contribution in [0.1, 0.15) is 23.1 Å². The number of nitrogens with one attached hydrogen (secondary N) is 1. The van der Waals surface area contributed by atoms with Crippen LogP contribution >= 0.6 is 0 Å². The number of aliphatic hydroxyl groups is 2. The van der Waals surface area contributed by atoms with Crippen LogP contribution in [-0.4, -0.2) is 77.9 Å². The highest BCUT2D eigenvalue weighted by atomic mass is 16.5. The number of aromatic amines is 1. The predicted molar refractivity (Wildman–Crippen MR) is 95.1 cm³/mol. The van der Waals surface area contributed by atoms with Gasteiger partial charge < -0.3 is 35.0 Å². The smallest absolute Gasteiger partial charge is 0.451 e. The first kappa shape index (κ1) is 20.1. The summed E-state index contributed by atoms with van der Waals surface area (Å²) in [5, 5.41) is 57.3. The van der Waals surface area contributed by atoms with Crippen LogP contribution in [0.5, 0.6) is 11.5 Å². The van der Waals surface area contributed by atoms with Crippen molar-refractivity contribution in [2.75, 3.05) is 13.1 Å². The lowest BCUT2D eigenvalue weighted by molar-refractivity contribution is -0.139. The van der Waals surface area contributed by atoms with Gasteiger partial charge in [0.2, 0.25) is 5.91 Å². The summed E-state index contributed by atoms with van der Waals surface area (Å²) in [6, 6.07) is 3.00. The number of hydrogen-bond acceptors (Lipinski definition) is 9. The summed E-state index contributed by atoms with van der Waals surface area (Å²) in [6.45, 7) is 0.633. The number of likely N-dealkylation sites (tertiary alicyclic amines) is 1. The predicted octanol–water partition coefficient (Wildman–Crippen LogP) is -1.66. The van der Waals surface area contributed by atoms with Gasteiger partial charge in [0.15, 0.2) is 6.29 Å². The van der Waals surface area contributed by atoms with E-state index in [-0.39, 0.29) is 48.2 Å². The van der Waals surface area contributed by atoms with E-state index < -0.39 is 13.4 Å². The monoisotopic (exact) mass is 392 g/mol. The molecule has 1 saturated heterocycles. The summed E-state index contributed by atoms with van der Waals surface area (Å²) >= 11 is 0. The number of phenols is 1. The van der Waals surface area contributed by atoms with Gasteiger partial charge in [-0.05, 0) is 24.4 Å². The van der Waals surface area contributed by atoms with E-state index >= 15 is 0 Å². The van der Waals surface area contributed by atoms with Crippen LogP contribution in [0, 0.1) is 0 Å². The molecule has 1 aliphatic rings. The number of nitrogens with zero attached hydrogens (tertiary/aromatic N) is 3. The number of carbonyl (C=O) groups excluding carboxylic acids is 1. The van der Waals surface area contributed by atoms with Gasteiger partial charge in [-0.3, -0.25) is 4.79 Å². The standard InChI is InChI=1S/C16H21BN4O7/c22-13(5-10-6-18-20-19-10)21-7-11(8-21)28-12-2-1-9(3-4-17(26)27)15(23)14(12)16(24)25/h1-2,6,11,16,23-27H,3-5,7-8H2,(H,18,19,20). The van der Waals surface area contributed by atoms with Crippen molar-refractivity contribution in [3.8, 4) is 11.5 Å². The highest BCUT2D eigenvalue weighted by Crippen LogP contribution is 2.37. The quantitative estimate of drug-likeness (QED) is 0.227. The third kappa shape index (κ3) is 4.59. The molecule has 11 nitrogen and oxygen atoms in total. The lowest BCUT2D eigenvalue weighted by atomic mass is 9.82. The van der Waals surface area contributed by atoms with Gasteiger partial charge in [0.25, 0.3) is 0 Å². The molecule has 0 atom stereocenters. The second-order valence-electron chi connectivity index (χ2n) is 6.55. The first-order valence-electron chi connectivity index (χ1n) is 8.71. The van der Waals surface area contributed by atoms with Crippen LogP contribution in [0.3, 0.4) is 0 Å². The van der Waals surface area contributed by atoms with Gasteiger partial charge >= 0.3 is 7.12 Å². The molecule has 0 radical (unpaired) electrons.